The van der Waals surface area contributed by atoms with Gasteiger partial charge in [-0.25, -0.2) is 4.79 Å². The molecule has 29 heavy (non-hydrogen) atoms. The van der Waals surface area contributed by atoms with Crippen LogP contribution in [0.4, 0.5) is 13.2 Å². The van der Waals surface area contributed by atoms with Crippen molar-refractivity contribution in [3.05, 3.63) is 24.2 Å². The van der Waals surface area contributed by atoms with Gasteiger partial charge in [0.25, 0.3) is 0 Å². The molecule has 3 aliphatic rings. The van der Waals surface area contributed by atoms with E-state index in [1.54, 1.807) is 6.26 Å². The van der Waals surface area contributed by atoms with Crippen LogP contribution in [0.2, 0.25) is 0 Å². The molecule has 1 aliphatic carbocycles. The second-order valence-electron chi connectivity index (χ2n) is 7.73. The van der Waals surface area contributed by atoms with Crippen LogP contribution in [0, 0.1) is 17.8 Å². The number of carboxylic acid groups (broad SMARTS) is 1. The zero-order valence-corrected chi connectivity index (χ0v) is 15.9. The number of amides is 1. The molecule has 0 radical (unpaired) electrons. The highest BCUT2D eigenvalue weighted by molar-refractivity contribution is 5.79. The molecule has 7 nitrogen and oxygen atoms in total. The number of carbonyl (C=O) groups is 2. The van der Waals surface area contributed by atoms with Crippen molar-refractivity contribution in [3.63, 3.8) is 0 Å². The van der Waals surface area contributed by atoms with Crippen LogP contribution in [0.5, 0.6) is 0 Å². The summed E-state index contributed by atoms with van der Waals surface area (Å²) in [5.41, 5.74) is 0. The smallest absolute Gasteiger partial charge is 0.475 e. The van der Waals surface area contributed by atoms with E-state index in [4.69, 9.17) is 19.1 Å². The normalized spacial score (nSPS) is 26.9. The highest BCUT2D eigenvalue weighted by atomic mass is 19.4. The van der Waals surface area contributed by atoms with E-state index in [0.717, 1.165) is 44.3 Å². The van der Waals surface area contributed by atoms with Crippen LogP contribution in [0.3, 0.4) is 0 Å². The summed E-state index contributed by atoms with van der Waals surface area (Å²) in [6.45, 7) is 4.29. The Morgan fingerprint density at radius 2 is 1.97 bits per heavy atom. The number of piperidine rings is 1. The maximum absolute atomic E-state index is 12.6. The van der Waals surface area contributed by atoms with Crippen molar-refractivity contribution >= 4 is 11.9 Å². The summed E-state index contributed by atoms with van der Waals surface area (Å²) in [6, 6.07) is 3.74. The first-order valence-corrected chi connectivity index (χ1v) is 9.68. The largest absolute Gasteiger partial charge is 0.490 e. The van der Waals surface area contributed by atoms with Gasteiger partial charge in [-0.05, 0) is 37.3 Å². The minimum atomic E-state index is -5.08. The van der Waals surface area contributed by atoms with Crippen LogP contribution in [0.15, 0.2) is 22.8 Å². The van der Waals surface area contributed by atoms with Gasteiger partial charge in [0.05, 0.1) is 24.8 Å². The Hall–Kier alpha value is -2.07. The predicted molar refractivity (Wildman–Crippen MR) is 94.7 cm³/mol. The minimum absolute atomic E-state index is 0.0509. The number of nitrogens with zero attached hydrogens (tertiary/aromatic N) is 1. The van der Waals surface area contributed by atoms with Gasteiger partial charge in [0.2, 0.25) is 5.91 Å². The summed E-state index contributed by atoms with van der Waals surface area (Å²) in [6.07, 6.45) is 0.509. The second kappa shape index (κ2) is 9.17. The lowest BCUT2D eigenvalue weighted by Crippen LogP contribution is -2.53. The van der Waals surface area contributed by atoms with E-state index < -0.39 is 12.1 Å². The highest BCUT2D eigenvalue weighted by Gasteiger charge is 2.44. The number of fused-ring (bicyclic) bond motifs is 1. The van der Waals surface area contributed by atoms with Crippen molar-refractivity contribution in [1.82, 2.24) is 10.2 Å². The summed E-state index contributed by atoms with van der Waals surface area (Å²) < 4.78 is 42.9. The highest BCUT2D eigenvalue weighted by Crippen LogP contribution is 2.36. The summed E-state index contributed by atoms with van der Waals surface area (Å²) in [4.78, 5) is 24.0. The lowest BCUT2D eigenvalue weighted by molar-refractivity contribution is -0.192. The van der Waals surface area contributed by atoms with Gasteiger partial charge in [0.1, 0.15) is 5.76 Å². The first kappa shape index (κ1) is 21.6. The first-order chi connectivity index (χ1) is 13.7. The number of hydrogen-bond acceptors (Lipinski definition) is 5. The lowest BCUT2D eigenvalue weighted by Gasteiger charge is -2.39. The van der Waals surface area contributed by atoms with E-state index in [1.165, 1.54) is 12.8 Å². The van der Waals surface area contributed by atoms with Crippen molar-refractivity contribution in [2.75, 3.05) is 26.2 Å². The monoisotopic (exact) mass is 418 g/mol. The van der Waals surface area contributed by atoms with Gasteiger partial charge in [-0.2, -0.15) is 13.2 Å². The van der Waals surface area contributed by atoms with Crippen molar-refractivity contribution in [3.8, 4) is 0 Å². The van der Waals surface area contributed by atoms with Gasteiger partial charge in [-0.3, -0.25) is 9.69 Å². The number of carbonyl (C=O) groups excluding carboxylic acids is 1. The molecule has 0 aromatic carbocycles. The van der Waals surface area contributed by atoms with Gasteiger partial charge >= 0.3 is 12.1 Å². The van der Waals surface area contributed by atoms with Crippen LogP contribution in [0.1, 0.15) is 25.0 Å². The first-order valence-electron chi connectivity index (χ1n) is 9.68. The summed E-state index contributed by atoms with van der Waals surface area (Å²) in [7, 11) is 0. The fourth-order valence-electron chi connectivity index (χ4n) is 3.87. The van der Waals surface area contributed by atoms with E-state index >= 15 is 0 Å². The van der Waals surface area contributed by atoms with E-state index in [2.05, 4.69) is 10.2 Å². The molecule has 0 spiro atoms. The Bertz CT molecular complexity index is 691. The fourth-order valence-corrected chi connectivity index (χ4v) is 3.87. The Morgan fingerprint density at radius 3 is 2.55 bits per heavy atom. The molecule has 3 fully saturated rings. The van der Waals surface area contributed by atoms with Crippen molar-refractivity contribution < 1.29 is 37.0 Å². The van der Waals surface area contributed by atoms with E-state index in [-0.39, 0.29) is 17.9 Å². The average molecular weight is 418 g/mol. The van der Waals surface area contributed by atoms with Crippen LogP contribution in [-0.4, -0.2) is 60.4 Å². The number of hydrogen-bond donors (Lipinski definition) is 2. The van der Waals surface area contributed by atoms with E-state index in [0.29, 0.717) is 12.5 Å². The second-order valence-corrected chi connectivity index (χ2v) is 7.73. The number of alkyl halides is 3. The maximum atomic E-state index is 12.6. The summed E-state index contributed by atoms with van der Waals surface area (Å²) in [5, 5.41) is 10.2. The van der Waals surface area contributed by atoms with Crippen molar-refractivity contribution in [2.45, 2.75) is 38.1 Å². The third-order valence-electron chi connectivity index (χ3n) is 5.48. The molecule has 2 N–H and O–H groups in total. The molecule has 2 saturated heterocycles. The van der Waals surface area contributed by atoms with E-state index in [1.807, 2.05) is 12.1 Å². The number of ether oxygens (including phenoxy) is 1. The molecule has 162 valence electrons. The molecule has 0 unspecified atom stereocenters. The zero-order chi connectivity index (χ0) is 21.0. The molecule has 10 heteroatoms. The molecule has 3 heterocycles. The lowest BCUT2D eigenvalue weighted by atomic mass is 9.82. The topological polar surface area (TPSA) is 92.0 Å². The summed E-state index contributed by atoms with van der Waals surface area (Å²) in [5.74, 6) is -0.519. The number of aliphatic carboxylic acids is 1. The van der Waals surface area contributed by atoms with Crippen LogP contribution >= 0.6 is 0 Å². The predicted octanol–water partition coefficient (Wildman–Crippen LogP) is 2.28. The number of carboxylic acids is 1. The van der Waals surface area contributed by atoms with Crippen LogP contribution in [0.25, 0.3) is 0 Å². The Balaban J connectivity index is 0.000000298. The quantitative estimate of drug-likeness (QED) is 0.762. The third-order valence-corrected chi connectivity index (χ3v) is 5.48. The fraction of sp³-hybridized carbons (Fsp3) is 0.684. The number of likely N-dealkylation sites (tertiary alicyclic amines) is 1. The van der Waals surface area contributed by atoms with Gasteiger partial charge in [-0.1, -0.05) is 0 Å². The molecule has 3 atom stereocenters. The SMILES string of the molecule is O=C(NCc1ccco1)[C@@H]1CN(CC2CC2)C[C@H]2OCC[C@H]21.O=C(O)C(F)(F)F. The number of nitrogens with one attached hydrogen (secondary N) is 1. The molecule has 0 bridgehead atoms. The standard InChI is InChI=1S/C17H24N2O3.C2HF3O2/c20-17(18-8-13-2-1-6-21-13)15-10-19(9-12-3-4-12)11-16-14(15)5-7-22-16;3-2(4,5)1(6)7/h1-2,6,12,14-16H,3-5,7-11H2,(H,18,20);(H,6,7)/t14-,15+,16+;/m0./s1. The van der Waals surface area contributed by atoms with Crippen molar-refractivity contribution in [2.24, 2.45) is 17.8 Å². The molecule has 2 aliphatic heterocycles. The van der Waals surface area contributed by atoms with E-state index in [9.17, 15) is 18.0 Å². The zero-order valence-electron chi connectivity index (χ0n) is 15.9. The number of rotatable bonds is 5. The van der Waals surface area contributed by atoms with Gasteiger partial charge < -0.3 is 19.6 Å². The maximum Gasteiger partial charge on any atom is 0.490 e. The van der Waals surface area contributed by atoms with Crippen molar-refractivity contribution in [1.29, 1.82) is 0 Å². The molecular weight excluding hydrogens is 393 g/mol. The Morgan fingerprint density at radius 1 is 1.24 bits per heavy atom. The molecule has 4 rings (SSSR count). The third kappa shape index (κ3) is 6.20. The molecule has 1 saturated carbocycles. The average Bonchev–Trinajstić information content (AvgIpc) is 3.12. The Labute approximate surface area is 166 Å². The van der Waals surface area contributed by atoms with Gasteiger partial charge in [0.15, 0.2) is 0 Å². The molecule has 1 aromatic rings. The molecule has 1 amide bonds. The summed E-state index contributed by atoms with van der Waals surface area (Å²) >= 11 is 0. The number of furan rings is 1. The van der Waals surface area contributed by atoms with Gasteiger partial charge in [0, 0.05) is 32.2 Å². The minimum Gasteiger partial charge on any atom is -0.475 e. The van der Waals surface area contributed by atoms with Crippen LogP contribution < -0.4 is 5.32 Å². The van der Waals surface area contributed by atoms with Gasteiger partial charge in [-0.15, -0.1) is 0 Å². The number of halogens is 3. The van der Waals surface area contributed by atoms with Crippen LogP contribution in [-0.2, 0) is 20.9 Å². The molecular formula is C19H25F3N2O5. The molecule has 1 aromatic heterocycles. The Kier molecular flexibility index (Phi) is 6.84.